The molecule has 7 nitrogen and oxygen atoms in total. The van der Waals surface area contributed by atoms with E-state index >= 15 is 0 Å². The lowest BCUT2D eigenvalue weighted by molar-refractivity contribution is 0.600. The van der Waals surface area contributed by atoms with E-state index in [4.69, 9.17) is 0 Å². The Kier molecular flexibility index (Phi) is 4.37. The summed E-state index contributed by atoms with van der Waals surface area (Å²) < 4.78 is 23.9. The van der Waals surface area contributed by atoms with Gasteiger partial charge < -0.3 is 4.90 Å². The maximum atomic E-state index is 12.0. The van der Waals surface area contributed by atoms with Crippen LogP contribution in [-0.2, 0) is 16.4 Å². The number of aromatic nitrogens is 4. The van der Waals surface area contributed by atoms with E-state index in [0.29, 0.717) is 18.2 Å². The first-order chi connectivity index (χ1) is 11.3. The van der Waals surface area contributed by atoms with Crippen LogP contribution in [0.15, 0.2) is 34.7 Å². The van der Waals surface area contributed by atoms with Crippen LogP contribution in [0.2, 0.25) is 0 Å². The van der Waals surface area contributed by atoms with Crippen LogP contribution in [0.5, 0.6) is 0 Å². The normalized spacial score (nSPS) is 11.6. The third-order valence-electron chi connectivity index (χ3n) is 3.43. The second-order valence-electron chi connectivity index (χ2n) is 5.49. The topological polar surface area (TPSA) is 91.8 Å². The fourth-order valence-electron chi connectivity index (χ4n) is 2.31. The number of aromatic amines is 1. The average molecular weight is 363 g/mol. The Balaban J connectivity index is 1.88. The predicted octanol–water partition coefficient (Wildman–Crippen LogP) is 2.28. The summed E-state index contributed by atoms with van der Waals surface area (Å²) in [5.41, 5.74) is 1.74. The molecular formula is C15H17N5O2S2. The van der Waals surface area contributed by atoms with Gasteiger partial charge >= 0.3 is 0 Å². The molecule has 0 aliphatic heterocycles. The largest absolute Gasteiger partial charge is 0.353 e. The zero-order chi connectivity index (χ0) is 17.3. The van der Waals surface area contributed by atoms with Crippen molar-refractivity contribution >= 4 is 27.0 Å². The van der Waals surface area contributed by atoms with Crippen LogP contribution in [0, 0.1) is 6.92 Å². The first-order valence-electron chi connectivity index (χ1n) is 7.17. The number of thiophene rings is 1. The van der Waals surface area contributed by atoms with Crippen LogP contribution < -0.4 is 4.90 Å². The van der Waals surface area contributed by atoms with Crippen molar-refractivity contribution in [1.82, 2.24) is 20.2 Å². The van der Waals surface area contributed by atoms with Crippen molar-refractivity contribution < 1.29 is 8.42 Å². The second-order valence-corrected chi connectivity index (χ2v) is 8.42. The van der Waals surface area contributed by atoms with Crippen molar-refractivity contribution in [3.8, 4) is 10.6 Å². The van der Waals surface area contributed by atoms with Gasteiger partial charge in [-0.2, -0.15) is 5.10 Å². The standard InChI is InChI=1S/C15H17N5O2S2/c1-10-16-8-14(24(3,21)22)15(17-10)20(2)9-11-7-12(19-18-11)13-5-4-6-23-13/h4-8H,9H2,1-3H3,(H,18,19). The Hall–Kier alpha value is -2.26. The summed E-state index contributed by atoms with van der Waals surface area (Å²) in [6, 6.07) is 5.93. The summed E-state index contributed by atoms with van der Waals surface area (Å²) in [6.45, 7) is 2.19. The van der Waals surface area contributed by atoms with E-state index in [9.17, 15) is 8.42 Å². The highest BCUT2D eigenvalue weighted by atomic mass is 32.2. The maximum absolute atomic E-state index is 12.0. The van der Waals surface area contributed by atoms with Crippen molar-refractivity contribution in [3.63, 3.8) is 0 Å². The van der Waals surface area contributed by atoms with Gasteiger partial charge in [-0.25, -0.2) is 18.4 Å². The molecule has 0 spiro atoms. The number of sulfone groups is 1. The maximum Gasteiger partial charge on any atom is 0.180 e. The summed E-state index contributed by atoms with van der Waals surface area (Å²) in [7, 11) is -1.61. The molecule has 24 heavy (non-hydrogen) atoms. The summed E-state index contributed by atoms with van der Waals surface area (Å²) >= 11 is 1.62. The highest BCUT2D eigenvalue weighted by molar-refractivity contribution is 7.90. The summed E-state index contributed by atoms with van der Waals surface area (Å²) in [5.74, 6) is 0.908. The average Bonchev–Trinajstić information content (AvgIpc) is 3.16. The van der Waals surface area contributed by atoms with Crippen LogP contribution in [-0.4, -0.2) is 41.9 Å². The minimum absolute atomic E-state index is 0.119. The van der Waals surface area contributed by atoms with Crippen molar-refractivity contribution in [2.45, 2.75) is 18.4 Å². The Morgan fingerprint density at radius 2 is 2.17 bits per heavy atom. The van der Waals surface area contributed by atoms with Gasteiger partial charge in [0.2, 0.25) is 0 Å². The Bertz CT molecular complexity index is 948. The fourth-order valence-corrected chi connectivity index (χ4v) is 3.77. The molecule has 3 aromatic rings. The lowest BCUT2D eigenvalue weighted by atomic mass is 10.3. The minimum atomic E-state index is -3.41. The van der Waals surface area contributed by atoms with Crippen molar-refractivity contribution in [3.05, 3.63) is 41.3 Å². The molecule has 3 heterocycles. The van der Waals surface area contributed by atoms with Gasteiger partial charge in [-0.3, -0.25) is 5.10 Å². The van der Waals surface area contributed by atoms with Gasteiger partial charge in [0.15, 0.2) is 15.7 Å². The molecule has 0 radical (unpaired) electrons. The lowest BCUT2D eigenvalue weighted by Crippen LogP contribution is -2.21. The number of hydrogen-bond donors (Lipinski definition) is 1. The molecule has 1 N–H and O–H groups in total. The van der Waals surface area contributed by atoms with E-state index in [0.717, 1.165) is 22.5 Å². The van der Waals surface area contributed by atoms with Crippen LogP contribution in [0.4, 0.5) is 5.82 Å². The number of nitrogens with one attached hydrogen (secondary N) is 1. The number of H-pyrrole nitrogens is 1. The number of aryl methyl sites for hydroxylation is 1. The summed E-state index contributed by atoms with van der Waals surface area (Å²) in [6.07, 6.45) is 2.51. The Labute approximate surface area is 144 Å². The molecule has 0 atom stereocenters. The van der Waals surface area contributed by atoms with Crippen LogP contribution in [0.25, 0.3) is 10.6 Å². The molecular weight excluding hydrogens is 346 g/mol. The van der Waals surface area contributed by atoms with Crippen molar-refractivity contribution in [2.75, 3.05) is 18.2 Å². The first kappa shape index (κ1) is 16.6. The number of hydrogen-bond acceptors (Lipinski definition) is 7. The monoisotopic (exact) mass is 363 g/mol. The third kappa shape index (κ3) is 3.46. The van der Waals surface area contributed by atoms with Gasteiger partial charge in [-0.1, -0.05) is 6.07 Å². The van der Waals surface area contributed by atoms with E-state index in [-0.39, 0.29) is 4.90 Å². The second kappa shape index (κ2) is 6.33. The zero-order valence-corrected chi connectivity index (χ0v) is 15.1. The molecule has 0 amide bonds. The molecule has 0 unspecified atom stereocenters. The van der Waals surface area contributed by atoms with Gasteiger partial charge in [0.1, 0.15) is 16.4 Å². The fraction of sp³-hybridized carbons (Fsp3) is 0.267. The van der Waals surface area contributed by atoms with Gasteiger partial charge in [-0.15, -0.1) is 11.3 Å². The smallest absolute Gasteiger partial charge is 0.180 e. The van der Waals surface area contributed by atoms with Gasteiger partial charge in [0, 0.05) is 13.3 Å². The molecule has 0 bridgehead atoms. The Morgan fingerprint density at radius 3 is 2.83 bits per heavy atom. The molecule has 3 aromatic heterocycles. The molecule has 3 rings (SSSR count). The lowest BCUT2D eigenvalue weighted by Gasteiger charge is -2.19. The molecule has 0 saturated carbocycles. The number of anilines is 1. The van der Waals surface area contributed by atoms with Crippen LogP contribution in [0.1, 0.15) is 11.5 Å². The molecule has 0 aliphatic carbocycles. The van der Waals surface area contributed by atoms with Gasteiger partial charge in [0.05, 0.1) is 23.3 Å². The molecule has 9 heteroatoms. The van der Waals surface area contributed by atoms with E-state index in [1.54, 1.807) is 30.2 Å². The minimum Gasteiger partial charge on any atom is -0.353 e. The summed E-state index contributed by atoms with van der Waals surface area (Å²) in [4.78, 5) is 11.3. The predicted molar refractivity (Wildman–Crippen MR) is 93.9 cm³/mol. The van der Waals surface area contributed by atoms with Gasteiger partial charge in [-0.05, 0) is 24.4 Å². The SMILES string of the molecule is Cc1ncc(S(C)(=O)=O)c(N(C)Cc2cc(-c3cccs3)n[nH]2)n1. The van der Waals surface area contributed by atoms with Crippen LogP contribution >= 0.6 is 11.3 Å². The van der Waals surface area contributed by atoms with Crippen molar-refractivity contribution in [1.29, 1.82) is 0 Å². The summed E-state index contributed by atoms with van der Waals surface area (Å²) in [5, 5.41) is 9.29. The van der Waals surface area contributed by atoms with E-state index in [1.165, 1.54) is 6.20 Å². The number of rotatable bonds is 5. The first-order valence-corrected chi connectivity index (χ1v) is 9.94. The quantitative estimate of drug-likeness (QED) is 0.748. The van der Waals surface area contributed by atoms with E-state index in [2.05, 4.69) is 20.2 Å². The third-order valence-corrected chi connectivity index (χ3v) is 5.41. The highest BCUT2D eigenvalue weighted by Crippen LogP contribution is 2.25. The van der Waals surface area contributed by atoms with Gasteiger partial charge in [0.25, 0.3) is 0 Å². The molecule has 0 aromatic carbocycles. The Morgan fingerprint density at radius 1 is 1.38 bits per heavy atom. The molecule has 0 saturated heterocycles. The van der Waals surface area contributed by atoms with E-state index in [1.807, 2.05) is 23.6 Å². The molecule has 0 fully saturated rings. The number of nitrogens with zero attached hydrogens (tertiary/aromatic N) is 4. The highest BCUT2D eigenvalue weighted by Gasteiger charge is 2.19. The van der Waals surface area contributed by atoms with Crippen molar-refractivity contribution in [2.24, 2.45) is 0 Å². The van der Waals surface area contributed by atoms with Crippen LogP contribution in [0.3, 0.4) is 0 Å². The molecule has 0 aliphatic rings. The van der Waals surface area contributed by atoms with E-state index < -0.39 is 9.84 Å². The molecule has 126 valence electrons. The zero-order valence-electron chi connectivity index (χ0n) is 13.5.